The second-order valence-electron chi connectivity index (χ2n) is 8.64. The Labute approximate surface area is 214 Å². The van der Waals surface area contributed by atoms with Gasteiger partial charge in [-0.25, -0.2) is 4.79 Å². The largest absolute Gasteiger partial charge is 0.496 e. The molecule has 0 unspecified atom stereocenters. The Morgan fingerprint density at radius 3 is 2.57 bits per heavy atom. The van der Waals surface area contributed by atoms with E-state index in [1.54, 1.807) is 12.1 Å². The fourth-order valence-corrected chi connectivity index (χ4v) is 4.29. The van der Waals surface area contributed by atoms with Crippen molar-refractivity contribution in [2.75, 3.05) is 17.7 Å². The Balaban J connectivity index is 1.81. The summed E-state index contributed by atoms with van der Waals surface area (Å²) in [4.78, 5) is 42.8. The minimum Gasteiger partial charge on any atom is -0.496 e. The van der Waals surface area contributed by atoms with Crippen LogP contribution in [0.2, 0.25) is 0 Å². The van der Waals surface area contributed by atoms with Crippen LogP contribution in [0, 0.1) is 0 Å². The summed E-state index contributed by atoms with van der Waals surface area (Å²) >= 11 is 0. The zero-order valence-electron chi connectivity index (χ0n) is 20.9. The van der Waals surface area contributed by atoms with Crippen molar-refractivity contribution in [1.29, 1.82) is 0 Å². The van der Waals surface area contributed by atoms with E-state index in [4.69, 9.17) is 10.5 Å². The number of carbonyl (C=O) groups is 1. The van der Waals surface area contributed by atoms with E-state index in [1.165, 1.54) is 22.7 Å². The molecular weight excluding hydrogens is 468 g/mol. The minimum absolute atomic E-state index is 0.0159. The van der Waals surface area contributed by atoms with Gasteiger partial charge in [0.25, 0.3) is 11.5 Å². The van der Waals surface area contributed by atoms with Gasteiger partial charge in [0.2, 0.25) is 0 Å². The second-order valence-corrected chi connectivity index (χ2v) is 8.64. The number of methoxy groups -OCH3 is 1. The van der Waals surface area contributed by atoms with E-state index >= 15 is 0 Å². The lowest BCUT2D eigenvalue weighted by molar-refractivity contribution is -0.114. The Hall–Kier alpha value is -4.59. The normalized spacial score (nSPS) is 11.2. The monoisotopic (exact) mass is 498 g/mol. The smallest absolute Gasteiger partial charge is 0.330 e. The van der Waals surface area contributed by atoms with Crippen molar-refractivity contribution in [1.82, 2.24) is 9.55 Å². The standard InChI is InChI=1S/C29H30N4O4/c1-3-4-18-32-27(30)26(28(35)31-29(32)36)33(19-22-11-6-8-15-24(22)37-2)25(34)17-16-21-13-9-12-20-10-5-7-14-23(20)21/h5-17H,3-4,18-19,30H2,1-2H3,(H,31,35,36)/b17-16+. The molecular formula is C29H30N4O4. The number of hydrogen-bond donors (Lipinski definition) is 2. The first-order chi connectivity index (χ1) is 17.9. The summed E-state index contributed by atoms with van der Waals surface area (Å²) in [5.74, 6) is 0.0494. The Kier molecular flexibility index (Phi) is 7.88. The summed E-state index contributed by atoms with van der Waals surface area (Å²) in [6.45, 7) is 2.33. The number of aromatic amines is 1. The number of unbranched alkanes of at least 4 members (excludes halogenated alkanes) is 1. The lowest BCUT2D eigenvalue weighted by atomic mass is 10.0. The molecule has 3 N–H and O–H groups in total. The first-order valence-electron chi connectivity index (χ1n) is 12.2. The SMILES string of the molecule is CCCCn1c(N)c(N(Cc2ccccc2OC)C(=O)/C=C/c2cccc3ccccc23)c(=O)[nH]c1=O. The molecule has 190 valence electrons. The predicted molar refractivity (Wildman–Crippen MR) is 148 cm³/mol. The molecule has 0 aliphatic heterocycles. The van der Waals surface area contributed by atoms with Crippen molar-refractivity contribution in [3.63, 3.8) is 0 Å². The summed E-state index contributed by atoms with van der Waals surface area (Å²) in [5, 5.41) is 2.04. The second kappa shape index (κ2) is 11.4. The van der Waals surface area contributed by atoms with Crippen molar-refractivity contribution >= 4 is 34.3 Å². The number of ether oxygens (including phenoxy) is 1. The van der Waals surface area contributed by atoms with E-state index in [0.717, 1.165) is 22.8 Å². The van der Waals surface area contributed by atoms with E-state index < -0.39 is 17.2 Å². The van der Waals surface area contributed by atoms with Crippen molar-refractivity contribution in [2.24, 2.45) is 0 Å². The predicted octanol–water partition coefficient (Wildman–Crippen LogP) is 4.33. The van der Waals surface area contributed by atoms with Gasteiger partial charge in [-0.1, -0.05) is 74.0 Å². The lowest BCUT2D eigenvalue weighted by Crippen LogP contribution is -2.40. The average Bonchev–Trinajstić information content (AvgIpc) is 2.91. The molecule has 8 nitrogen and oxygen atoms in total. The van der Waals surface area contributed by atoms with Crippen molar-refractivity contribution in [3.05, 3.63) is 105 Å². The van der Waals surface area contributed by atoms with E-state index in [2.05, 4.69) is 4.98 Å². The molecule has 4 aromatic rings. The summed E-state index contributed by atoms with van der Waals surface area (Å²) < 4.78 is 6.77. The van der Waals surface area contributed by atoms with Gasteiger partial charge in [-0.2, -0.15) is 0 Å². The van der Waals surface area contributed by atoms with Crippen molar-refractivity contribution < 1.29 is 9.53 Å². The van der Waals surface area contributed by atoms with Crippen molar-refractivity contribution in [3.8, 4) is 5.75 Å². The fourth-order valence-electron chi connectivity index (χ4n) is 4.29. The molecule has 0 aliphatic rings. The molecule has 1 aromatic heterocycles. The van der Waals surface area contributed by atoms with Crippen LogP contribution >= 0.6 is 0 Å². The number of H-pyrrole nitrogens is 1. The van der Waals surface area contributed by atoms with E-state index in [1.807, 2.05) is 67.6 Å². The zero-order valence-corrected chi connectivity index (χ0v) is 20.9. The highest BCUT2D eigenvalue weighted by Gasteiger charge is 2.24. The molecule has 8 heteroatoms. The highest BCUT2D eigenvalue weighted by Crippen LogP contribution is 2.26. The number of rotatable bonds is 9. The highest BCUT2D eigenvalue weighted by molar-refractivity contribution is 6.06. The van der Waals surface area contributed by atoms with Crippen LogP contribution < -0.4 is 26.6 Å². The molecule has 0 atom stereocenters. The number of carbonyl (C=O) groups excluding carboxylic acids is 1. The number of anilines is 2. The summed E-state index contributed by atoms with van der Waals surface area (Å²) in [7, 11) is 1.54. The average molecular weight is 499 g/mol. The third kappa shape index (κ3) is 5.48. The quantitative estimate of drug-likeness (QED) is 0.334. The Morgan fingerprint density at radius 2 is 1.78 bits per heavy atom. The van der Waals surface area contributed by atoms with Gasteiger partial charge in [0.05, 0.1) is 13.7 Å². The topological polar surface area (TPSA) is 110 Å². The number of benzene rings is 3. The van der Waals surface area contributed by atoms with Crippen LogP contribution in [0.3, 0.4) is 0 Å². The van der Waals surface area contributed by atoms with Gasteiger partial charge < -0.3 is 10.5 Å². The number of nitrogens with one attached hydrogen (secondary N) is 1. The molecule has 37 heavy (non-hydrogen) atoms. The van der Waals surface area contributed by atoms with E-state index in [-0.39, 0.29) is 18.1 Å². The molecule has 1 amide bonds. The number of hydrogen-bond acceptors (Lipinski definition) is 5. The van der Waals surface area contributed by atoms with Crippen LogP contribution in [0.1, 0.15) is 30.9 Å². The number of aromatic nitrogens is 2. The molecule has 4 rings (SSSR count). The maximum absolute atomic E-state index is 13.7. The first kappa shape index (κ1) is 25.5. The van der Waals surface area contributed by atoms with Gasteiger partial charge in [0.1, 0.15) is 11.6 Å². The first-order valence-corrected chi connectivity index (χ1v) is 12.2. The Bertz CT molecular complexity index is 1560. The molecule has 0 spiro atoms. The molecule has 0 fully saturated rings. The summed E-state index contributed by atoms with van der Waals surface area (Å²) in [6.07, 6.45) is 4.66. The zero-order chi connectivity index (χ0) is 26.4. The van der Waals surface area contributed by atoms with Gasteiger partial charge in [-0.15, -0.1) is 0 Å². The third-order valence-corrected chi connectivity index (χ3v) is 6.24. The van der Waals surface area contributed by atoms with Crippen LogP contribution in [0.4, 0.5) is 11.5 Å². The number of nitrogens with zero attached hydrogens (tertiary/aromatic N) is 2. The molecule has 1 heterocycles. The number of nitrogens with two attached hydrogens (primary N) is 1. The minimum atomic E-state index is -0.725. The maximum atomic E-state index is 13.7. The number of amides is 1. The van der Waals surface area contributed by atoms with E-state index in [9.17, 15) is 14.4 Å². The molecule has 0 saturated heterocycles. The molecule has 0 aliphatic carbocycles. The molecule has 3 aromatic carbocycles. The molecule has 0 saturated carbocycles. The van der Waals surface area contributed by atoms with Crippen LogP contribution in [0.5, 0.6) is 5.75 Å². The maximum Gasteiger partial charge on any atom is 0.330 e. The van der Waals surface area contributed by atoms with E-state index in [0.29, 0.717) is 24.3 Å². The van der Waals surface area contributed by atoms with Gasteiger partial charge in [-0.3, -0.25) is 24.0 Å². The van der Waals surface area contributed by atoms with Gasteiger partial charge >= 0.3 is 5.69 Å². The number of fused-ring (bicyclic) bond motifs is 1. The Morgan fingerprint density at radius 1 is 1.05 bits per heavy atom. The van der Waals surface area contributed by atoms with Crippen LogP contribution in [0.15, 0.2) is 82.4 Å². The number of nitrogen functional groups attached to an aromatic ring is 1. The van der Waals surface area contributed by atoms with Crippen LogP contribution in [-0.2, 0) is 17.9 Å². The van der Waals surface area contributed by atoms with Gasteiger partial charge in [0.15, 0.2) is 5.69 Å². The van der Waals surface area contributed by atoms with Crippen molar-refractivity contribution in [2.45, 2.75) is 32.9 Å². The number of para-hydroxylation sites is 1. The van der Waals surface area contributed by atoms with Gasteiger partial charge in [0, 0.05) is 18.2 Å². The lowest BCUT2D eigenvalue weighted by Gasteiger charge is -2.24. The highest BCUT2D eigenvalue weighted by atomic mass is 16.5. The van der Waals surface area contributed by atoms with Gasteiger partial charge in [-0.05, 0) is 34.9 Å². The third-order valence-electron chi connectivity index (χ3n) is 6.24. The van der Waals surface area contributed by atoms with Crippen LogP contribution in [-0.4, -0.2) is 22.6 Å². The molecule has 0 radical (unpaired) electrons. The fraction of sp³-hybridized carbons (Fsp3) is 0.207. The molecule has 0 bridgehead atoms. The summed E-state index contributed by atoms with van der Waals surface area (Å²) in [6, 6.07) is 21.0. The van der Waals surface area contributed by atoms with Crippen LogP contribution in [0.25, 0.3) is 16.8 Å². The summed E-state index contributed by atoms with van der Waals surface area (Å²) in [5.41, 5.74) is 6.51.